The lowest BCUT2D eigenvalue weighted by Crippen LogP contribution is -2.44. The average Bonchev–Trinajstić information content (AvgIpc) is 2.93. The third-order valence-corrected chi connectivity index (χ3v) is 12.8. The summed E-state index contributed by atoms with van der Waals surface area (Å²) in [6, 6.07) is 8.16. The first-order chi connectivity index (χ1) is 21.1. The maximum absolute atomic E-state index is 14.6. The van der Waals surface area contributed by atoms with Crippen molar-refractivity contribution in [3.05, 3.63) is 82.0 Å². The van der Waals surface area contributed by atoms with Crippen molar-refractivity contribution in [2.45, 2.75) is 128 Å². The van der Waals surface area contributed by atoms with Gasteiger partial charge in [-0.2, -0.15) is 8.61 Å². The molecule has 8 heteroatoms. The highest BCUT2D eigenvalue weighted by Gasteiger charge is 2.37. The topological polar surface area (TPSA) is 74.8 Å². The summed E-state index contributed by atoms with van der Waals surface area (Å²) in [5.74, 6) is 0.500. The molecule has 0 radical (unpaired) electrons. The molecule has 1 fully saturated rings. The van der Waals surface area contributed by atoms with Gasteiger partial charge in [-0.05, 0) is 80.0 Å². The molecule has 2 aromatic carbocycles. The van der Waals surface area contributed by atoms with E-state index < -0.39 is 20.0 Å². The maximum Gasteiger partial charge on any atom is 0.244 e. The summed E-state index contributed by atoms with van der Waals surface area (Å²) >= 11 is 0. The standard InChI is InChI=1S/C38H58N2O4S2/c1-23(2)31-15-33(25(5)6)37(34(16-31)26(7)8)45(41,42)39-19-29(13)21-40(22-30(14)20-39)46(43,44)38-35(27(9)10)17-32(24(3)4)18-36(38)28(11)12/h15-18,23-28H,13-14,19-22H2,1-12H3. The van der Waals surface area contributed by atoms with Crippen LogP contribution in [0.2, 0.25) is 0 Å². The molecule has 0 aromatic heterocycles. The van der Waals surface area contributed by atoms with Crippen LogP contribution in [0.15, 0.2) is 58.4 Å². The molecule has 0 atom stereocenters. The zero-order valence-electron chi connectivity index (χ0n) is 30.4. The van der Waals surface area contributed by atoms with Crippen LogP contribution in [0.1, 0.15) is 152 Å². The zero-order chi connectivity index (χ0) is 35.0. The largest absolute Gasteiger partial charge is 0.244 e. The van der Waals surface area contributed by atoms with Crippen LogP contribution in [0.3, 0.4) is 0 Å². The van der Waals surface area contributed by atoms with Crippen LogP contribution >= 0.6 is 0 Å². The molecule has 0 spiro atoms. The molecule has 0 saturated carbocycles. The normalized spacial score (nSPS) is 16.5. The number of rotatable bonds is 10. The number of hydrogen-bond acceptors (Lipinski definition) is 4. The molecule has 0 unspecified atom stereocenters. The molecular formula is C38H58N2O4S2. The van der Waals surface area contributed by atoms with Crippen molar-refractivity contribution in [3.63, 3.8) is 0 Å². The minimum atomic E-state index is -3.97. The van der Waals surface area contributed by atoms with Gasteiger partial charge in [0.05, 0.1) is 9.79 Å². The number of sulfonamides is 2. The van der Waals surface area contributed by atoms with E-state index in [1.54, 1.807) is 0 Å². The van der Waals surface area contributed by atoms with Crippen molar-refractivity contribution in [3.8, 4) is 0 Å². The Morgan fingerprint density at radius 2 is 0.674 bits per heavy atom. The van der Waals surface area contributed by atoms with E-state index in [9.17, 15) is 16.8 Å². The smallest absolute Gasteiger partial charge is 0.207 e. The summed E-state index contributed by atoms with van der Waals surface area (Å²) in [6.45, 7) is 33.2. The summed E-state index contributed by atoms with van der Waals surface area (Å²) < 4.78 is 61.3. The first-order valence-corrected chi connectivity index (χ1v) is 19.7. The monoisotopic (exact) mass is 670 g/mol. The lowest BCUT2D eigenvalue weighted by molar-refractivity contribution is 0.391. The molecule has 1 aliphatic rings. The molecule has 0 amide bonds. The number of benzene rings is 2. The maximum atomic E-state index is 14.6. The van der Waals surface area contributed by atoms with Gasteiger partial charge in [-0.3, -0.25) is 0 Å². The molecule has 1 aliphatic heterocycles. The summed E-state index contributed by atoms with van der Waals surface area (Å²) in [5, 5.41) is 0. The Morgan fingerprint density at radius 1 is 0.457 bits per heavy atom. The van der Waals surface area contributed by atoms with Crippen LogP contribution < -0.4 is 0 Å². The van der Waals surface area contributed by atoms with Gasteiger partial charge in [0.1, 0.15) is 0 Å². The van der Waals surface area contributed by atoms with Gasteiger partial charge < -0.3 is 0 Å². The van der Waals surface area contributed by atoms with Crippen molar-refractivity contribution in [1.82, 2.24) is 8.61 Å². The molecule has 0 N–H and O–H groups in total. The van der Waals surface area contributed by atoms with E-state index in [2.05, 4.69) is 40.9 Å². The first kappa shape index (κ1) is 38.2. The van der Waals surface area contributed by atoms with Crippen molar-refractivity contribution in [1.29, 1.82) is 0 Å². The Labute approximate surface area is 281 Å². The third kappa shape index (κ3) is 7.88. The Hall–Kier alpha value is -2.26. The van der Waals surface area contributed by atoms with Gasteiger partial charge >= 0.3 is 0 Å². The molecular weight excluding hydrogens is 613 g/mol. The minimum Gasteiger partial charge on any atom is -0.207 e. The Bertz CT molecular complexity index is 1480. The molecule has 256 valence electrons. The summed E-state index contributed by atoms with van der Waals surface area (Å²) in [7, 11) is -7.94. The van der Waals surface area contributed by atoms with Gasteiger partial charge in [0.25, 0.3) is 0 Å². The molecule has 46 heavy (non-hydrogen) atoms. The molecule has 0 bridgehead atoms. The second-order valence-corrected chi connectivity index (χ2v) is 18.8. The van der Waals surface area contributed by atoms with Crippen LogP contribution in [0.4, 0.5) is 0 Å². The van der Waals surface area contributed by atoms with Crippen molar-refractivity contribution >= 4 is 20.0 Å². The van der Waals surface area contributed by atoms with Gasteiger partial charge in [0.15, 0.2) is 0 Å². The van der Waals surface area contributed by atoms with Gasteiger partial charge in [-0.15, -0.1) is 0 Å². The van der Waals surface area contributed by atoms with E-state index in [0.29, 0.717) is 20.9 Å². The minimum absolute atomic E-state index is 0.00448. The van der Waals surface area contributed by atoms with Gasteiger partial charge in [-0.1, -0.05) is 121 Å². The lowest BCUT2D eigenvalue weighted by atomic mass is 9.89. The van der Waals surface area contributed by atoms with E-state index in [4.69, 9.17) is 0 Å². The van der Waals surface area contributed by atoms with Crippen LogP contribution in [0.25, 0.3) is 0 Å². The first-order valence-electron chi connectivity index (χ1n) is 16.8. The molecule has 1 saturated heterocycles. The predicted molar refractivity (Wildman–Crippen MR) is 193 cm³/mol. The molecule has 3 rings (SSSR count). The molecule has 1 heterocycles. The third-order valence-electron chi connectivity index (χ3n) is 8.95. The van der Waals surface area contributed by atoms with Crippen molar-refractivity contribution < 1.29 is 16.8 Å². The lowest BCUT2D eigenvalue weighted by Gasteiger charge is -2.34. The SMILES string of the molecule is C=C1CN(S(=O)(=O)c2c(C(C)C)cc(C(C)C)cc2C(C)C)CC(=C)CN(S(=O)(=O)c2c(C(C)C)cc(C(C)C)cc2C(C)C)C1. The Kier molecular flexibility index (Phi) is 12.0. The second-order valence-electron chi connectivity index (χ2n) is 15.0. The molecule has 2 aromatic rings. The Balaban J connectivity index is 2.12. The van der Waals surface area contributed by atoms with Crippen molar-refractivity contribution in [2.24, 2.45) is 0 Å². The van der Waals surface area contributed by atoms with Crippen LogP contribution in [-0.4, -0.2) is 51.6 Å². The van der Waals surface area contributed by atoms with E-state index in [1.165, 1.54) is 8.61 Å². The van der Waals surface area contributed by atoms with Crippen molar-refractivity contribution in [2.75, 3.05) is 26.2 Å². The number of hydrogen-bond donors (Lipinski definition) is 0. The second kappa shape index (κ2) is 14.5. The molecule has 6 nitrogen and oxygen atoms in total. The van der Waals surface area contributed by atoms with Crippen LogP contribution in [-0.2, 0) is 20.0 Å². The average molecular weight is 671 g/mol. The Morgan fingerprint density at radius 3 is 0.848 bits per heavy atom. The fourth-order valence-corrected chi connectivity index (χ4v) is 10.5. The quantitative estimate of drug-likeness (QED) is 0.236. The highest BCUT2D eigenvalue weighted by atomic mass is 32.2. The van der Waals surface area contributed by atoms with Gasteiger partial charge in [0.2, 0.25) is 20.0 Å². The predicted octanol–water partition coefficient (Wildman–Crippen LogP) is 9.23. The summed E-state index contributed by atoms with van der Waals surface area (Å²) in [5.41, 5.74) is 6.52. The summed E-state index contributed by atoms with van der Waals surface area (Å²) in [6.07, 6.45) is 0. The van der Waals surface area contributed by atoms with E-state index in [0.717, 1.165) is 33.4 Å². The van der Waals surface area contributed by atoms with E-state index in [1.807, 2.05) is 79.7 Å². The highest BCUT2D eigenvalue weighted by molar-refractivity contribution is 7.89. The van der Waals surface area contributed by atoms with Gasteiger partial charge in [-0.25, -0.2) is 16.8 Å². The van der Waals surface area contributed by atoms with Gasteiger partial charge in [0, 0.05) is 26.2 Å². The summed E-state index contributed by atoms with van der Waals surface area (Å²) in [4.78, 5) is 0.724. The molecule has 0 aliphatic carbocycles. The number of nitrogens with zero attached hydrogens (tertiary/aromatic N) is 2. The van der Waals surface area contributed by atoms with E-state index in [-0.39, 0.29) is 61.7 Å². The highest BCUT2D eigenvalue weighted by Crippen LogP contribution is 2.39. The van der Waals surface area contributed by atoms with Crippen LogP contribution in [0, 0.1) is 0 Å². The van der Waals surface area contributed by atoms with E-state index >= 15 is 0 Å². The zero-order valence-corrected chi connectivity index (χ0v) is 32.0. The fraction of sp³-hybridized carbons (Fsp3) is 0.579. The fourth-order valence-electron chi connectivity index (χ4n) is 6.18. The van der Waals surface area contributed by atoms with Crippen LogP contribution in [0.5, 0.6) is 0 Å².